The van der Waals surface area contributed by atoms with E-state index in [1.807, 2.05) is 0 Å². The van der Waals surface area contributed by atoms with Gasteiger partial charge in [-0.1, -0.05) is 54.6 Å². The second-order valence-electron chi connectivity index (χ2n) is 6.52. The minimum atomic E-state index is -0.613. The maximum Gasteiger partial charge on any atom is 0.0979 e. The molecule has 0 aliphatic rings. The largest absolute Gasteiger partial charge is 0.383 e. The van der Waals surface area contributed by atoms with Gasteiger partial charge < -0.3 is 10.8 Å². The van der Waals surface area contributed by atoms with Crippen LogP contribution in [0.1, 0.15) is 42.4 Å². The van der Waals surface area contributed by atoms with Crippen LogP contribution < -0.4 is 5.73 Å². The molecule has 0 radical (unpaired) electrons. The second kappa shape index (κ2) is 10.5. The molecular formula is C21H29NOS. The van der Waals surface area contributed by atoms with Gasteiger partial charge in [-0.25, -0.2) is 0 Å². The zero-order valence-corrected chi connectivity index (χ0v) is 15.2. The number of thiol groups is 1. The van der Waals surface area contributed by atoms with Gasteiger partial charge in [0.15, 0.2) is 0 Å². The number of benzene rings is 2. The van der Waals surface area contributed by atoms with Crippen molar-refractivity contribution in [2.24, 2.45) is 5.73 Å². The molecule has 0 heterocycles. The zero-order valence-electron chi connectivity index (χ0n) is 14.3. The third-order valence-corrected chi connectivity index (χ3v) is 4.57. The predicted molar refractivity (Wildman–Crippen MR) is 105 cm³/mol. The Morgan fingerprint density at radius 3 is 1.83 bits per heavy atom. The fourth-order valence-corrected chi connectivity index (χ4v) is 3.19. The van der Waals surface area contributed by atoms with E-state index in [9.17, 15) is 5.11 Å². The molecule has 0 amide bonds. The first-order valence-electron chi connectivity index (χ1n) is 8.87. The molecule has 2 aromatic carbocycles. The summed E-state index contributed by atoms with van der Waals surface area (Å²) < 4.78 is 0. The quantitative estimate of drug-likeness (QED) is 0.345. The highest BCUT2D eigenvalue weighted by molar-refractivity contribution is 7.80. The van der Waals surface area contributed by atoms with E-state index in [0.29, 0.717) is 6.42 Å². The number of unbranched alkanes of at least 4 members (excludes halogenated alkanes) is 1. The van der Waals surface area contributed by atoms with Gasteiger partial charge in [-0.3, -0.25) is 0 Å². The second-order valence-corrected chi connectivity index (χ2v) is 7.12. The van der Waals surface area contributed by atoms with Crippen LogP contribution in [0.2, 0.25) is 0 Å². The molecule has 0 bridgehead atoms. The number of hydrogen-bond acceptors (Lipinski definition) is 3. The maximum atomic E-state index is 9.22. The third-order valence-electron chi connectivity index (χ3n) is 4.36. The molecule has 3 N–H and O–H groups in total. The molecule has 0 aliphatic heterocycles. The van der Waals surface area contributed by atoms with Crippen molar-refractivity contribution in [2.75, 3.05) is 0 Å². The lowest BCUT2D eigenvalue weighted by Gasteiger charge is -2.13. The lowest BCUT2D eigenvalue weighted by molar-refractivity contribution is 0.241. The number of rotatable bonds is 10. The molecule has 3 heteroatoms. The van der Waals surface area contributed by atoms with Crippen LogP contribution in [0, 0.1) is 0 Å². The number of aliphatic hydroxyl groups is 1. The van der Waals surface area contributed by atoms with E-state index in [1.54, 1.807) is 0 Å². The van der Waals surface area contributed by atoms with Crippen molar-refractivity contribution in [1.82, 2.24) is 0 Å². The molecular weight excluding hydrogens is 314 g/mol. The molecule has 0 aliphatic carbocycles. The van der Waals surface area contributed by atoms with Gasteiger partial charge in [0.1, 0.15) is 0 Å². The molecule has 2 rings (SSSR count). The highest BCUT2D eigenvalue weighted by Crippen LogP contribution is 2.13. The molecule has 0 aromatic heterocycles. The van der Waals surface area contributed by atoms with E-state index in [4.69, 9.17) is 5.73 Å². The summed E-state index contributed by atoms with van der Waals surface area (Å²) in [6, 6.07) is 19.6. The minimum Gasteiger partial charge on any atom is -0.383 e. The summed E-state index contributed by atoms with van der Waals surface area (Å²) in [5, 5.41) is 9.22. The van der Waals surface area contributed by atoms with Crippen molar-refractivity contribution >= 4 is 12.6 Å². The SMILES string of the molecule is NC(CCc1ccc(CCCCc2ccccc2)cc1)CC(O)S. The highest BCUT2D eigenvalue weighted by atomic mass is 32.1. The zero-order chi connectivity index (χ0) is 17.2. The Kier molecular flexibility index (Phi) is 8.37. The summed E-state index contributed by atoms with van der Waals surface area (Å²) in [5.74, 6) is 0. The normalized spacial score (nSPS) is 13.6. The monoisotopic (exact) mass is 343 g/mol. The smallest absolute Gasteiger partial charge is 0.0979 e. The van der Waals surface area contributed by atoms with Crippen molar-refractivity contribution in [1.29, 1.82) is 0 Å². The van der Waals surface area contributed by atoms with E-state index in [2.05, 4.69) is 67.2 Å². The van der Waals surface area contributed by atoms with E-state index in [1.165, 1.54) is 29.5 Å². The predicted octanol–water partition coefficient (Wildman–Crippen LogP) is 4.15. The average molecular weight is 344 g/mol. The maximum absolute atomic E-state index is 9.22. The van der Waals surface area contributed by atoms with Gasteiger partial charge in [-0.05, 0) is 61.6 Å². The van der Waals surface area contributed by atoms with E-state index in [-0.39, 0.29) is 6.04 Å². The van der Waals surface area contributed by atoms with Crippen molar-refractivity contribution in [3.05, 3.63) is 71.3 Å². The van der Waals surface area contributed by atoms with Crippen LogP contribution in [0.3, 0.4) is 0 Å². The Bertz CT molecular complexity index is 568. The summed E-state index contributed by atoms with van der Waals surface area (Å²) in [5.41, 5.74) is 9.50. The van der Waals surface area contributed by atoms with Crippen LogP contribution in [-0.2, 0) is 19.3 Å². The summed E-state index contributed by atoms with van der Waals surface area (Å²) >= 11 is 3.97. The third kappa shape index (κ3) is 7.52. The Labute approximate surface area is 151 Å². The summed E-state index contributed by atoms with van der Waals surface area (Å²) in [7, 11) is 0. The van der Waals surface area contributed by atoms with Gasteiger partial charge >= 0.3 is 0 Å². The van der Waals surface area contributed by atoms with Crippen molar-refractivity contribution in [2.45, 2.75) is 56.4 Å². The van der Waals surface area contributed by atoms with Gasteiger partial charge in [-0.15, -0.1) is 12.6 Å². The molecule has 24 heavy (non-hydrogen) atoms. The molecule has 0 spiro atoms. The van der Waals surface area contributed by atoms with Gasteiger partial charge in [0.2, 0.25) is 0 Å². The molecule has 0 fully saturated rings. The van der Waals surface area contributed by atoms with Crippen molar-refractivity contribution in [3.8, 4) is 0 Å². The van der Waals surface area contributed by atoms with E-state index < -0.39 is 5.44 Å². The van der Waals surface area contributed by atoms with Crippen molar-refractivity contribution < 1.29 is 5.11 Å². The first-order chi connectivity index (χ1) is 11.6. The number of hydrogen-bond donors (Lipinski definition) is 3. The molecule has 2 atom stereocenters. The highest BCUT2D eigenvalue weighted by Gasteiger charge is 2.07. The van der Waals surface area contributed by atoms with Crippen LogP contribution in [0.5, 0.6) is 0 Å². The van der Waals surface area contributed by atoms with E-state index in [0.717, 1.165) is 25.7 Å². The first kappa shape index (κ1) is 19.0. The molecule has 2 aromatic rings. The lowest BCUT2D eigenvalue weighted by atomic mass is 10.00. The molecule has 2 unspecified atom stereocenters. The van der Waals surface area contributed by atoms with Crippen LogP contribution in [-0.4, -0.2) is 16.6 Å². The topological polar surface area (TPSA) is 46.2 Å². The van der Waals surface area contributed by atoms with Gasteiger partial charge in [0.05, 0.1) is 5.44 Å². The fourth-order valence-electron chi connectivity index (χ4n) is 2.92. The Morgan fingerprint density at radius 1 is 0.792 bits per heavy atom. The van der Waals surface area contributed by atoms with E-state index >= 15 is 0 Å². The average Bonchev–Trinajstić information content (AvgIpc) is 2.58. The van der Waals surface area contributed by atoms with Gasteiger partial charge in [0.25, 0.3) is 0 Å². The summed E-state index contributed by atoms with van der Waals surface area (Å²) in [6.45, 7) is 0. The van der Waals surface area contributed by atoms with Crippen LogP contribution in [0.25, 0.3) is 0 Å². The lowest BCUT2D eigenvalue weighted by Crippen LogP contribution is -2.24. The minimum absolute atomic E-state index is 0.00941. The van der Waals surface area contributed by atoms with Crippen LogP contribution in [0.15, 0.2) is 54.6 Å². The molecule has 2 nitrogen and oxygen atoms in total. The standard InChI is InChI=1S/C21H29NOS/c22-20(16-21(23)24)15-14-19-12-10-18(11-13-19)9-5-4-8-17-6-2-1-3-7-17/h1-3,6-7,10-13,20-21,23-24H,4-5,8-9,14-16,22H2. The Morgan fingerprint density at radius 2 is 1.29 bits per heavy atom. The summed E-state index contributed by atoms with van der Waals surface area (Å²) in [4.78, 5) is 0. The Balaban J connectivity index is 1.66. The number of nitrogens with two attached hydrogens (primary N) is 1. The van der Waals surface area contributed by atoms with Crippen molar-refractivity contribution in [3.63, 3.8) is 0 Å². The number of aryl methyl sites for hydroxylation is 3. The summed E-state index contributed by atoms with van der Waals surface area (Å²) in [6.07, 6.45) is 7.13. The van der Waals surface area contributed by atoms with Crippen LogP contribution >= 0.6 is 12.6 Å². The fraction of sp³-hybridized carbons (Fsp3) is 0.429. The Hall–Kier alpha value is -1.29. The van der Waals surface area contributed by atoms with Crippen LogP contribution in [0.4, 0.5) is 0 Å². The molecule has 0 saturated heterocycles. The molecule has 130 valence electrons. The van der Waals surface area contributed by atoms with Gasteiger partial charge in [0, 0.05) is 6.04 Å². The molecule has 0 saturated carbocycles. The number of aliphatic hydroxyl groups excluding tert-OH is 1. The van der Waals surface area contributed by atoms with Gasteiger partial charge in [-0.2, -0.15) is 0 Å². The first-order valence-corrected chi connectivity index (χ1v) is 9.38.